The normalized spacial score (nSPS) is 16.8. The number of aryl methyl sites for hydroxylation is 1. The maximum Gasteiger partial charge on any atom is 0.223 e. The Labute approximate surface area is 170 Å². The SMILES string of the molecule is CC(C)(O)CN1CNc2c(N)nc3cc(CCC(=O)N4CCOCC4)ccc3c21. The van der Waals surface area contributed by atoms with Crippen LogP contribution in [0.2, 0.25) is 0 Å². The lowest BCUT2D eigenvalue weighted by Gasteiger charge is -2.27. The predicted octanol–water partition coefficient (Wildman–Crippen LogP) is 1.57. The molecule has 3 heterocycles. The van der Waals surface area contributed by atoms with E-state index in [-0.39, 0.29) is 5.91 Å². The van der Waals surface area contributed by atoms with E-state index in [1.165, 1.54) is 0 Å². The van der Waals surface area contributed by atoms with Gasteiger partial charge in [-0.05, 0) is 31.9 Å². The van der Waals surface area contributed by atoms with Gasteiger partial charge in [-0.25, -0.2) is 4.98 Å². The van der Waals surface area contributed by atoms with Crippen LogP contribution in [0.5, 0.6) is 0 Å². The number of amides is 1. The molecule has 0 saturated carbocycles. The number of aliphatic hydroxyl groups is 1. The Bertz CT molecular complexity index is 919. The third-order valence-electron chi connectivity index (χ3n) is 5.38. The monoisotopic (exact) mass is 399 g/mol. The van der Waals surface area contributed by atoms with Crippen LogP contribution in [0.15, 0.2) is 18.2 Å². The number of aromatic nitrogens is 1. The van der Waals surface area contributed by atoms with E-state index in [1.807, 2.05) is 23.1 Å². The van der Waals surface area contributed by atoms with E-state index in [4.69, 9.17) is 10.5 Å². The highest BCUT2D eigenvalue weighted by Gasteiger charge is 2.28. The summed E-state index contributed by atoms with van der Waals surface area (Å²) in [6.45, 7) is 7.23. The number of carbonyl (C=O) groups is 1. The summed E-state index contributed by atoms with van der Waals surface area (Å²) < 4.78 is 5.31. The number of nitrogens with one attached hydrogen (secondary N) is 1. The van der Waals surface area contributed by atoms with E-state index >= 15 is 0 Å². The van der Waals surface area contributed by atoms with Crippen molar-refractivity contribution in [3.63, 3.8) is 0 Å². The average Bonchev–Trinajstić information content (AvgIpc) is 3.09. The molecule has 1 aromatic carbocycles. The van der Waals surface area contributed by atoms with Gasteiger partial charge in [0.1, 0.15) is 11.5 Å². The number of nitrogens with two attached hydrogens (primary N) is 1. The van der Waals surface area contributed by atoms with Crippen molar-refractivity contribution in [3.8, 4) is 0 Å². The zero-order valence-electron chi connectivity index (χ0n) is 17.1. The number of anilines is 3. The van der Waals surface area contributed by atoms with Gasteiger partial charge in [0.2, 0.25) is 5.91 Å². The highest BCUT2D eigenvalue weighted by atomic mass is 16.5. The Balaban J connectivity index is 1.55. The van der Waals surface area contributed by atoms with E-state index in [2.05, 4.69) is 15.2 Å². The topological polar surface area (TPSA) is 104 Å². The van der Waals surface area contributed by atoms with Gasteiger partial charge in [-0.2, -0.15) is 0 Å². The minimum atomic E-state index is -0.826. The minimum absolute atomic E-state index is 0.162. The fourth-order valence-electron chi connectivity index (χ4n) is 4.05. The number of β-amino-alcohol motifs (C(OH)–C–C–N with tert-alkyl or cyclic N) is 1. The van der Waals surface area contributed by atoms with E-state index in [9.17, 15) is 9.90 Å². The minimum Gasteiger partial charge on any atom is -0.389 e. The second-order valence-electron chi connectivity index (χ2n) is 8.41. The number of ether oxygens (including phenoxy) is 1. The van der Waals surface area contributed by atoms with Crippen LogP contribution in [0, 0.1) is 0 Å². The van der Waals surface area contributed by atoms with Crippen LogP contribution < -0.4 is 16.0 Å². The molecule has 156 valence electrons. The second kappa shape index (κ2) is 7.68. The maximum atomic E-state index is 12.4. The number of morpholine rings is 1. The first-order valence-electron chi connectivity index (χ1n) is 10.1. The molecule has 1 fully saturated rings. The second-order valence-corrected chi connectivity index (χ2v) is 8.41. The van der Waals surface area contributed by atoms with Crippen LogP contribution in [0.25, 0.3) is 10.9 Å². The van der Waals surface area contributed by atoms with Crippen LogP contribution in [-0.2, 0) is 16.0 Å². The van der Waals surface area contributed by atoms with E-state index < -0.39 is 5.60 Å². The summed E-state index contributed by atoms with van der Waals surface area (Å²) in [7, 11) is 0. The number of nitrogens with zero attached hydrogens (tertiary/aromatic N) is 3. The van der Waals surface area contributed by atoms with Gasteiger partial charge < -0.3 is 30.7 Å². The first-order valence-corrected chi connectivity index (χ1v) is 10.1. The molecule has 1 aromatic heterocycles. The lowest BCUT2D eigenvalue weighted by molar-refractivity contribution is -0.135. The largest absolute Gasteiger partial charge is 0.389 e. The standard InChI is InChI=1S/C21H29N5O3/c1-21(2,28)12-26-13-23-18-19(26)15-5-3-14(11-16(15)24-20(18)22)4-6-17(27)25-7-9-29-10-8-25/h3,5,11,23,28H,4,6-10,12-13H2,1-2H3,(H2,22,24). The van der Waals surface area contributed by atoms with Gasteiger partial charge in [0, 0.05) is 31.4 Å². The summed E-state index contributed by atoms with van der Waals surface area (Å²) in [5, 5.41) is 14.5. The number of hydrogen-bond donors (Lipinski definition) is 3. The quantitative estimate of drug-likeness (QED) is 0.701. The molecule has 1 amide bonds. The molecule has 0 unspecified atom stereocenters. The highest BCUT2D eigenvalue weighted by Crippen LogP contribution is 2.41. The number of nitrogen functional groups attached to an aromatic ring is 1. The highest BCUT2D eigenvalue weighted by molar-refractivity contribution is 6.04. The predicted molar refractivity (Wildman–Crippen MR) is 114 cm³/mol. The third kappa shape index (κ3) is 4.23. The molecule has 8 nitrogen and oxygen atoms in total. The molecular formula is C21H29N5O3. The fraction of sp³-hybridized carbons (Fsp3) is 0.524. The molecule has 2 aliphatic rings. The number of fused-ring (bicyclic) bond motifs is 3. The number of rotatable bonds is 5. The Morgan fingerprint density at radius 2 is 2.10 bits per heavy atom. The van der Waals surface area contributed by atoms with E-state index in [1.54, 1.807) is 13.8 Å². The van der Waals surface area contributed by atoms with Crippen molar-refractivity contribution in [2.24, 2.45) is 0 Å². The molecule has 8 heteroatoms. The number of benzene rings is 1. The van der Waals surface area contributed by atoms with Crippen LogP contribution in [0.4, 0.5) is 17.2 Å². The van der Waals surface area contributed by atoms with Crippen molar-refractivity contribution in [3.05, 3.63) is 23.8 Å². The first kappa shape index (κ1) is 19.7. The van der Waals surface area contributed by atoms with E-state index in [0.29, 0.717) is 58.2 Å². The summed E-state index contributed by atoms with van der Waals surface area (Å²) in [5.74, 6) is 0.614. The summed E-state index contributed by atoms with van der Waals surface area (Å²) in [6.07, 6.45) is 1.13. The van der Waals surface area contributed by atoms with E-state index in [0.717, 1.165) is 27.8 Å². The molecule has 4 N–H and O–H groups in total. The van der Waals surface area contributed by atoms with Crippen molar-refractivity contribution in [2.75, 3.05) is 55.5 Å². The van der Waals surface area contributed by atoms with Crippen LogP contribution >= 0.6 is 0 Å². The summed E-state index contributed by atoms with van der Waals surface area (Å²) in [4.78, 5) is 20.9. The smallest absolute Gasteiger partial charge is 0.223 e. The molecule has 1 saturated heterocycles. The Morgan fingerprint density at radius 3 is 2.83 bits per heavy atom. The molecule has 0 aliphatic carbocycles. The first-order chi connectivity index (χ1) is 13.8. The fourth-order valence-corrected chi connectivity index (χ4v) is 4.05. The summed E-state index contributed by atoms with van der Waals surface area (Å²) >= 11 is 0. The zero-order chi connectivity index (χ0) is 20.6. The van der Waals surface area contributed by atoms with Gasteiger partial charge in [0.05, 0.1) is 36.7 Å². The molecule has 2 aromatic rings. The van der Waals surface area contributed by atoms with Crippen LogP contribution in [0.1, 0.15) is 25.8 Å². The van der Waals surface area contributed by atoms with Crippen molar-refractivity contribution in [2.45, 2.75) is 32.3 Å². The van der Waals surface area contributed by atoms with Crippen LogP contribution in [0.3, 0.4) is 0 Å². The van der Waals surface area contributed by atoms with Crippen molar-refractivity contribution < 1.29 is 14.6 Å². The lowest BCUT2D eigenvalue weighted by atomic mass is 10.0. The number of carbonyl (C=O) groups excluding carboxylic acids is 1. The van der Waals surface area contributed by atoms with Gasteiger partial charge in [-0.3, -0.25) is 4.79 Å². The lowest BCUT2D eigenvalue weighted by Crippen LogP contribution is -2.40. The third-order valence-corrected chi connectivity index (χ3v) is 5.38. The molecule has 4 rings (SSSR count). The molecule has 0 radical (unpaired) electrons. The van der Waals surface area contributed by atoms with Crippen molar-refractivity contribution in [1.29, 1.82) is 0 Å². The Kier molecular flexibility index (Phi) is 5.23. The maximum absolute atomic E-state index is 12.4. The molecule has 29 heavy (non-hydrogen) atoms. The van der Waals surface area contributed by atoms with Gasteiger partial charge in [0.15, 0.2) is 0 Å². The average molecular weight is 399 g/mol. The molecule has 0 bridgehead atoms. The van der Waals surface area contributed by atoms with Crippen LogP contribution in [-0.4, -0.2) is 66.0 Å². The molecular weight excluding hydrogens is 370 g/mol. The molecule has 2 aliphatic heterocycles. The van der Waals surface area contributed by atoms with Crippen molar-refractivity contribution >= 4 is 34.0 Å². The number of pyridine rings is 1. The number of hydrogen-bond acceptors (Lipinski definition) is 7. The summed E-state index contributed by atoms with van der Waals surface area (Å²) in [6, 6.07) is 6.10. The molecule has 0 atom stereocenters. The Hall–Kier alpha value is -2.58. The van der Waals surface area contributed by atoms with Gasteiger partial charge in [-0.1, -0.05) is 12.1 Å². The van der Waals surface area contributed by atoms with Gasteiger partial charge >= 0.3 is 0 Å². The van der Waals surface area contributed by atoms with Gasteiger partial charge in [-0.15, -0.1) is 0 Å². The zero-order valence-corrected chi connectivity index (χ0v) is 17.1. The molecule has 0 spiro atoms. The summed E-state index contributed by atoms with van der Waals surface area (Å²) in [5.41, 5.74) is 9.03. The Morgan fingerprint density at radius 1 is 1.34 bits per heavy atom. The van der Waals surface area contributed by atoms with Crippen molar-refractivity contribution in [1.82, 2.24) is 9.88 Å². The van der Waals surface area contributed by atoms with Gasteiger partial charge in [0.25, 0.3) is 0 Å².